The number of thioether (sulfide) groups is 1. The number of benzene rings is 1. The Kier molecular flexibility index (Phi) is 5.36. The van der Waals surface area contributed by atoms with E-state index in [0.717, 1.165) is 11.3 Å². The molecular formula is C14H17ClN2O3S. The maximum Gasteiger partial charge on any atom is 0.327 e. The Morgan fingerprint density at radius 2 is 2.29 bits per heavy atom. The normalized spacial score (nSPS) is 19.9. The fourth-order valence-electron chi connectivity index (χ4n) is 2.18. The van der Waals surface area contributed by atoms with E-state index in [9.17, 15) is 14.7 Å². The highest BCUT2D eigenvalue weighted by Crippen LogP contribution is 2.20. The minimum absolute atomic E-state index is 0.236. The maximum atomic E-state index is 12.3. The minimum atomic E-state index is -0.965. The predicted molar refractivity (Wildman–Crippen MR) is 83.9 cm³/mol. The Balaban J connectivity index is 2.04. The second kappa shape index (κ2) is 7.04. The van der Waals surface area contributed by atoms with Crippen molar-refractivity contribution in [1.29, 1.82) is 0 Å². The van der Waals surface area contributed by atoms with E-state index in [2.05, 4.69) is 5.32 Å². The minimum Gasteiger partial charge on any atom is -0.480 e. The summed E-state index contributed by atoms with van der Waals surface area (Å²) in [6.07, 6.45) is 0. The summed E-state index contributed by atoms with van der Waals surface area (Å²) >= 11 is 7.49. The number of halogens is 1. The molecule has 1 saturated heterocycles. The van der Waals surface area contributed by atoms with Gasteiger partial charge in [-0.15, -0.1) is 0 Å². The first kappa shape index (κ1) is 16.0. The lowest BCUT2D eigenvalue weighted by atomic mass is 10.1. The average molecular weight is 329 g/mol. The van der Waals surface area contributed by atoms with Crippen LogP contribution in [0.15, 0.2) is 24.3 Å². The Labute approximate surface area is 132 Å². The van der Waals surface area contributed by atoms with Crippen LogP contribution in [0.5, 0.6) is 0 Å². The summed E-state index contributed by atoms with van der Waals surface area (Å²) in [5.74, 6) is 0.213. The van der Waals surface area contributed by atoms with E-state index >= 15 is 0 Å². The molecule has 0 saturated carbocycles. The van der Waals surface area contributed by atoms with E-state index in [0.29, 0.717) is 17.3 Å². The van der Waals surface area contributed by atoms with Gasteiger partial charge in [-0.05, 0) is 24.6 Å². The third-order valence-corrected chi connectivity index (χ3v) is 4.62. The molecule has 1 aromatic rings. The van der Waals surface area contributed by atoms with Crippen LogP contribution in [0, 0.1) is 0 Å². The molecule has 1 fully saturated rings. The standard InChI is InChI=1S/C14H17ClN2O3S/c1-9(10-3-2-4-11(15)7-10)16-14(20)17-5-6-21-8-12(17)13(18)19/h2-4,7,9,12H,5-6,8H2,1H3,(H,16,20)(H,18,19). The second-order valence-electron chi connectivity index (χ2n) is 4.85. The van der Waals surface area contributed by atoms with Crippen LogP contribution in [0.3, 0.4) is 0 Å². The van der Waals surface area contributed by atoms with Gasteiger partial charge < -0.3 is 15.3 Å². The summed E-state index contributed by atoms with van der Waals surface area (Å²) in [6.45, 7) is 2.29. The van der Waals surface area contributed by atoms with Gasteiger partial charge in [-0.3, -0.25) is 0 Å². The van der Waals surface area contributed by atoms with Gasteiger partial charge in [0, 0.05) is 23.1 Å². The molecule has 0 spiro atoms. The van der Waals surface area contributed by atoms with Gasteiger partial charge in [0.1, 0.15) is 6.04 Å². The van der Waals surface area contributed by atoms with E-state index in [-0.39, 0.29) is 12.1 Å². The van der Waals surface area contributed by atoms with Crippen LogP contribution in [-0.4, -0.2) is 46.1 Å². The summed E-state index contributed by atoms with van der Waals surface area (Å²) in [4.78, 5) is 24.9. The van der Waals surface area contributed by atoms with Gasteiger partial charge in [0.2, 0.25) is 0 Å². The zero-order valence-electron chi connectivity index (χ0n) is 11.6. The Morgan fingerprint density at radius 1 is 1.52 bits per heavy atom. The zero-order chi connectivity index (χ0) is 15.4. The van der Waals surface area contributed by atoms with Crippen LogP contribution < -0.4 is 5.32 Å². The van der Waals surface area contributed by atoms with Gasteiger partial charge in [0.05, 0.1) is 6.04 Å². The number of carboxylic acids is 1. The van der Waals surface area contributed by atoms with E-state index in [4.69, 9.17) is 11.6 Å². The van der Waals surface area contributed by atoms with Gasteiger partial charge in [0.25, 0.3) is 0 Å². The monoisotopic (exact) mass is 328 g/mol. The lowest BCUT2D eigenvalue weighted by molar-refractivity contribution is -0.141. The summed E-state index contributed by atoms with van der Waals surface area (Å²) < 4.78 is 0. The smallest absolute Gasteiger partial charge is 0.327 e. The summed E-state index contributed by atoms with van der Waals surface area (Å²) in [5, 5.41) is 12.6. The first-order chi connectivity index (χ1) is 9.99. The molecule has 2 N–H and O–H groups in total. The first-order valence-electron chi connectivity index (χ1n) is 6.62. The summed E-state index contributed by atoms with van der Waals surface area (Å²) in [7, 11) is 0. The summed E-state index contributed by atoms with van der Waals surface area (Å²) in [6, 6.07) is 5.88. The number of carbonyl (C=O) groups excluding carboxylic acids is 1. The van der Waals surface area contributed by atoms with E-state index in [1.165, 1.54) is 4.90 Å². The fraction of sp³-hybridized carbons (Fsp3) is 0.429. The van der Waals surface area contributed by atoms with Crippen LogP contribution in [-0.2, 0) is 4.79 Å². The number of hydrogen-bond acceptors (Lipinski definition) is 3. The molecule has 5 nitrogen and oxygen atoms in total. The highest BCUT2D eigenvalue weighted by molar-refractivity contribution is 7.99. The third-order valence-electron chi connectivity index (χ3n) is 3.36. The van der Waals surface area contributed by atoms with Crippen molar-refractivity contribution in [3.05, 3.63) is 34.9 Å². The maximum absolute atomic E-state index is 12.3. The third kappa shape index (κ3) is 4.04. The van der Waals surface area contributed by atoms with Gasteiger partial charge in [-0.1, -0.05) is 23.7 Å². The lowest BCUT2D eigenvalue weighted by Crippen LogP contribution is -2.54. The molecule has 114 valence electrons. The van der Waals surface area contributed by atoms with Crippen LogP contribution in [0.4, 0.5) is 4.79 Å². The van der Waals surface area contributed by atoms with Crippen molar-refractivity contribution in [2.45, 2.75) is 19.0 Å². The molecule has 2 amide bonds. The van der Waals surface area contributed by atoms with Crippen LogP contribution in [0.1, 0.15) is 18.5 Å². The molecule has 0 radical (unpaired) electrons. The second-order valence-corrected chi connectivity index (χ2v) is 6.43. The zero-order valence-corrected chi connectivity index (χ0v) is 13.2. The molecule has 0 aromatic heterocycles. The number of aliphatic carboxylic acids is 1. The topological polar surface area (TPSA) is 69.6 Å². The molecule has 0 aliphatic carbocycles. The van der Waals surface area contributed by atoms with Gasteiger partial charge in [-0.2, -0.15) is 11.8 Å². The van der Waals surface area contributed by atoms with Gasteiger partial charge >= 0.3 is 12.0 Å². The van der Waals surface area contributed by atoms with Crippen LogP contribution in [0.25, 0.3) is 0 Å². The highest BCUT2D eigenvalue weighted by Gasteiger charge is 2.32. The molecule has 1 heterocycles. The van der Waals surface area contributed by atoms with Crippen molar-refractivity contribution >= 4 is 35.4 Å². The average Bonchev–Trinajstić information content (AvgIpc) is 2.47. The Hall–Kier alpha value is -1.40. The number of nitrogens with zero attached hydrogens (tertiary/aromatic N) is 1. The van der Waals surface area contributed by atoms with Crippen LogP contribution in [0.2, 0.25) is 5.02 Å². The fourth-order valence-corrected chi connectivity index (χ4v) is 3.42. The summed E-state index contributed by atoms with van der Waals surface area (Å²) in [5.41, 5.74) is 0.883. The number of urea groups is 1. The molecule has 7 heteroatoms. The lowest BCUT2D eigenvalue weighted by Gasteiger charge is -2.33. The Morgan fingerprint density at radius 3 is 2.95 bits per heavy atom. The van der Waals surface area contributed by atoms with E-state index < -0.39 is 12.0 Å². The molecule has 2 unspecified atom stereocenters. The SMILES string of the molecule is CC(NC(=O)N1CCSCC1C(=O)O)c1cccc(Cl)c1. The Bertz CT molecular complexity index is 541. The molecule has 21 heavy (non-hydrogen) atoms. The number of rotatable bonds is 3. The molecule has 1 aliphatic heterocycles. The van der Waals surface area contributed by atoms with Crippen molar-refractivity contribution in [1.82, 2.24) is 10.2 Å². The van der Waals surface area contributed by atoms with Crippen LogP contribution >= 0.6 is 23.4 Å². The quantitative estimate of drug-likeness (QED) is 0.895. The molecule has 2 atom stereocenters. The largest absolute Gasteiger partial charge is 0.480 e. The number of carboxylic acid groups (broad SMARTS) is 1. The van der Waals surface area contributed by atoms with Crippen molar-refractivity contribution < 1.29 is 14.7 Å². The number of hydrogen-bond donors (Lipinski definition) is 2. The highest BCUT2D eigenvalue weighted by atomic mass is 35.5. The number of carbonyl (C=O) groups is 2. The molecule has 1 aliphatic rings. The number of amides is 2. The van der Waals surface area contributed by atoms with Gasteiger partial charge in [0.15, 0.2) is 0 Å². The molecule has 0 bridgehead atoms. The number of nitrogens with one attached hydrogen (secondary N) is 1. The van der Waals surface area contributed by atoms with Crippen molar-refractivity contribution in [2.24, 2.45) is 0 Å². The molecular weight excluding hydrogens is 312 g/mol. The van der Waals surface area contributed by atoms with Crippen molar-refractivity contribution in [3.63, 3.8) is 0 Å². The predicted octanol–water partition coefficient (Wildman–Crippen LogP) is 2.61. The molecule has 1 aromatic carbocycles. The van der Waals surface area contributed by atoms with Crippen molar-refractivity contribution in [3.8, 4) is 0 Å². The van der Waals surface area contributed by atoms with E-state index in [1.807, 2.05) is 19.1 Å². The van der Waals surface area contributed by atoms with E-state index in [1.54, 1.807) is 23.9 Å². The van der Waals surface area contributed by atoms with Crippen molar-refractivity contribution in [2.75, 3.05) is 18.1 Å². The first-order valence-corrected chi connectivity index (χ1v) is 8.15. The molecule has 2 rings (SSSR count). The van der Waals surface area contributed by atoms with Gasteiger partial charge in [-0.25, -0.2) is 9.59 Å².